The molecule has 0 spiro atoms. The highest BCUT2D eigenvalue weighted by atomic mass is 35.5. The minimum atomic E-state index is -4.40. The van der Waals surface area contributed by atoms with Crippen LogP contribution in [0.2, 0.25) is 5.02 Å². The lowest BCUT2D eigenvalue weighted by atomic mass is 9.88. The Labute approximate surface area is 206 Å². The molecule has 0 radical (unpaired) electrons. The number of pyridine rings is 1. The van der Waals surface area contributed by atoms with Crippen molar-refractivity contribution in [2.24, 2.45) is 11.8 Å². The number of aldehydes is 1. The maximum Gasteiger partial charge on any atom is 0.451 e. The van der Waals surface area contributed by atoms with E-state index in [-0.39, 0.29) is 5.92 Å². The number of carbonyl (C=O) groups is 1. The summed E-state index contributed by atoms with van der Waals surface area (Å²) < 4.78 is 38.2. The van der Waals surface area contributed by atoms with E-state index in [9.17, 15) is 18.0 Å². The lowest BCUT2D eigenvalue weighted by Crippen LogP contribution is -2.40. The molecule has 0 saturated carbocycles. The van der Waals surface area contributed by atoms with Crippen molar-refractivity contribution in [3.05, 3.63) is 46.6 Å². The van der Waals surface area contributed by atoms with E-state index in [4.69, 9.17) is 11.6 Å². The highest BCUT2D eigenvalue weighted by molar-refractivity contribution is 6.31. The molecule has 5 rings (SSSR count). The Hall–Kier alpha value is -2.72. The van der Waals surface area contributed by atoms with Crippen LogP contribution in [0, 0.1) is 18.8 Å². The number of likely N-dealkylation sites (N-methyl/N-ethyl adjacent to an activating group) is 1. The summed E-state index contributed by atoms with van der Waals surface area (Å²) in [6.45, 7) is 7.27. The fourth-order valence-electron chi connectivity index (χ4n) is 4.64. The maximum atomic E-state index is 12.4. The highest BCUT2D eigenvalue weighted by Crippen LogP contribution is 2.33. The molecule has 4 heterocycles. The Morgan fingerprint density at radius 3 is 2.60 bits per heavy atom. The van der Waals surface area contributed by atoms with Crippen molar-refractivity contribution in [2.45, 2.75) is 39.5 Å². The van der Waals surface area contributed by atoms with Crippen LogP contribution in [-0.4, -0.2) is 57.6 Å². The minimum absolute atomic E-state index is 0.180. The fourth-order valence-corrected chi connectivity index (χ4v) is 4.82. The van der Waals surface area contributed by atoms with E-state index in [1.165, 1.54) is 5.69 Å². The lowest BCUT2D eigenvalue weighted by molar-refractivity contribution is -0.148. The monoisotopic (exact) mass is 508 g/mol. The standard InChI is InChI=1S/C17H19ClN2O.C7H9F3N4/c1-11-9-20(6-5-13(11)10-21)17-7-12(2)19-16-4-3-14(18)8-15(16)17;1-13-2-3-14-5(4-13)11-12-6(14)7(8,9)10/h3-4,7-8,10-11,13H,5-6,9H2,1-2H3;2-4H2,1H3. The summed E-state index contributed by atoms with van der Waals surface area (Å²) in [6.07, 6.45) is -2.38. The van der Waals surface area contributed by atoms with Gasteiger partial charge in [0.05, 0.1) is 12.1 Å². The Morgan fingerprint density at radius 1 is 1.14 bits per heavy atom. The van der Waals surface area contributed by atoms with Gasteiger partial charge in [0.1, 0.15) is 12.1 Å². The molecular weight excluding hydrogens is 481 g/mol. The topological polar surface area (TPSA) is 67.2 Å². The molecule has 1 aromatic carbocycles. The molecular formula is C24H28ClF3N6O. The number of rotatable bonds is 2. The fraction of sp³-hybridized carbons (Fsp3) is 0.500. The van der Waals surface area contributed by atoms with Gasteiger partial charge in [-0.15, -0.1) is 10.2 Å². The zero-order valence-electron chi connectivity index (χ0n) is 19.9. The Bertz CT molecular complexity index is 1210. The van der Waals surface area contributed by atoms with Gasteiger partial charge in [-0.1, -0.05) is 18.5 Å². The molecule has 11 heteroatoms. The van der Waals surface area contributed by atoms with E-state index < -0.39 is 12.0 Å². The summed E-state index contributed by atoms with van der Waals surface area (Å²) in [5.41, 5.74) is 3.15. The van der Waals surface area contributed by atoms with Crippen LogP contribution in [0.3, 0.4) is 0 Å². The van der Waals surface area contributed by atoms with Gasteiger partial charge in [-0.3, -0.25) is 9.88 Å². The van der Waals surface area contributed by atoms with E-state index in [1.807, 2.05) is 37.1 Å². The quantitative estimate of drug-likeness (QED) is 0.471. The van der Waals surface area contributed by atoms with Crippen molar-refractivity contribution in [3.8, 4) is 0 Å². The van der Waals surface area contributed by atoms with Crippen LogP contribution in [0.15, 0.2) is 24.3 Å². The minimum Gasteiger partial charge on any atom is -0.371 e. The number of aromatic nitrogens is 4. The first kappa shape index (κ1) is 25.4. The van der Waals surface area contributed by atoms with Crippen LogP contribution in [0.4, 0.5) is 18.9 Å². The number of benzene rings is 1. The summed E-state index contributed by atoms with van der Waals surface area (Å²) in [6, 6.07) is 7.94. The van der Waals surface area contributed by atoms with Crippen LogP contribution in [0.5, 0.6) is 0 Å². The van der Waals surface area contributed by atoms with Crippen LogP contribution >= 0.6 is 11.6 Å². The second kappa shape index (κ2) is 10.1. The number of fused-ring (bicyclic) bond motifs is 2. The van der Waals surface area contributed by atoms with Gasteiger partial charge < -0.3 is 14.3 Å². The SMILES string of the molecule is CN1CCn2c(nnc2C(F)(F)F)C1.Cc1cc(N2CCC(C=O)C(C)C2)c2cc(Cl)ccc2n1. The molecule has 0 N–H and O–H groups in total. The smallest absolute Gasteiger partial charge is 0.371 e. The Morgan fingerprint density at radius 2 is 1.91 bits per heavy atom. The van der Waals surface area contributed by atoms with Crippen molar-refractivity contribution in [1.82, 2.24) is 24.6 Å². The number of hydrogen-bond donors (Lipinski definition) is 0. The van der Waals surface area contributed by atoms with Crippen LogP contribution < -0.4 is 4.90 Å². The number of halogens is 4. The van der Waals surface area contributed by atoms with Crippen LogP contribution in [0.1, 0.15) is 30.7 Å². The molecule has 2 aliphatic heterocycles. The summed E-state index contributed by atoms with van der Waals surface area (Å²) in [4.78, 5) is 19.9. The van der Waals surface area contributed by atoms with Crippen molar-refractivity contribution < 1.29 is 18.0 Å². The van der Waals surface area contributed by atoms with Crippen molar-refractivity contribution in [3.63, 3.8) is 0 Å². The van der Waals surface area contributed by atoms with Crippen LogP contribution in [0.25, 0.3) is 10.9 Å². The molecule has 188 valence electrons. The summed E-state index contributed by atoms with van der Waals surface area (Å²) in [7, 11) is 1.84. The third kappa shape index (κ3) is 5.59. The first-order valence-corrected chi connectivity index (χ1v) is 11.9. The molecule has 0 aliphatic carbocycles. The number of alkyl halides is 3. The molecule has 0 bridgehead atoms. The van der Waals surface area contributed by atoms with Gasteiger partial charge in [-0.25, -0.2) is 0 Å². The highest BCUT2D eigenvalue weighted by Gasteiger charge is 2.39. The zero-order valence-corrected chi connectivity index (χ0v) is 20.6. The number of hydrogen-bond acceptors (Lipinski definition) is 6. The van der Waals surface area contributed by atoms with Gasteiger partial charge in [0.15, 0.2) is 0 Å². The molecule has 7 nitrogen and oxygen atoms in total. The van der Waals surface area contributed by atoms with Gasteiger partial charge in [0, 0.05) is 53.9 Å². The van der Waals surface area contributed by atoms with E-state index in [1.54, 1.807) is 0 Å². The largest absolute Gasteiger partial charge is 0.451 e. The maximum absolute atomic E-state index is 12.4. The number of nitrogens with zero attached hydrogens (tertiary/aromatic N) is 6. The van der Waals surface area contributed by atoms with Crippen LogP contribution in [-0.2, 0) is 24.1 Å². The molecule has 1 fully saturated rings. The first-order valence-electron chi connectivity index (χ1n) is 11.5. The molecule has 2 aliphatic rings. The normalized spacial score (nSPS) is 20.8. The Kier molecular flexibility index (Phi) is 7.32. The van der Waals surface area contributed by atoms with E-state index in [0.29, 0.717) is 31.4 Å². The summed E-state index contributed by atoms with van der Waals surface area (Å²) in [5.74, 6) is 0.0460. The molecule has 3 aromatic rings. The van der Waals surface area contributed by atoms with Gasteiger partial charge >= 0.3 is 6.18 Å². The van der Waals surface area contributed by atoms with Gasteiger partial charge in [0.25, 0.3) is 0 Å². The molecule has 2 aromatic heterocycles. The Balaban J connectivity index is 0.000000179. The lowest BCUT2D eigenvalue weighted by Gasteiger charge is -2.36. The molecule has 35 heavy (non-hydrogen) atoms. The van der Waals surface area contributed by atoms with Crippen molar-refractivity contribution in [1.29, 1.82) is 0 Å². The molecule has 0 amide bonds. The van der Waals surface area contributed by atoms with Gasteiger partial charge in [0.2, 0.25) is 5.82 Å². The number of anilines is 1. The number of piperidine rings is 1. The molecule has 1 saturated heterocycles. The first-order chi connectivity index (χ1) is 16.6. The van der Waals surface area contributed by atoms with E-state index in [2.05, 4.69) is 33.1 Å². The predicted octanol–water partition coefficient (Wildman–Crippen LogP) is 4.60. The second-order valence-corrected chi connectivity index (χ2v) is 9.72. The third-order valence-corrected chi connectivity index (χ3v) is 6.80. The summed E-state index contributed by atoms with van der Waals surface area (Å²) in [5, 5.41) is 8.50. The number of carbonyl (C=O) groups excluding carboxylic acids is 1. The van der Waals surface area contributed by atoms with E-state index >= 15 is 0 Å². The van der Waals surface area contributed by atoms with Crippen molar-refractivity contribution >= 4 is 34.5 Å². The van der Waals surface area contributed by atoms with Gasteiger partial charge in [-0.05, 0) is 50.6 Å². The molecule has 2 atom stereocenters. The van der Waals surface area contributed by atoms with Gasteiger partial charge in [-0.2, -0.15) is 13.2 Å². The van der Waals surface area contributed by atoms with E-state index in [0.717, 1.165) is 52.0 Å². The van der Waals surface area contributed by atoms with Crippen molar-refractivity contribution in [2.75, 3.05) is 31.6 Å². The predicted molar refractivity (Wildman–Crippen MR) is 128 cm³/mol. The molecule has 2 unspecified atom stereocenters. The zero-order chi connectivity index (χ0) is 25.3. The third-order valence-electron chi connectivity index (χ3n) is 6.56. The number of aryl methyl sites for hydroxylation is 1. The summed E-state index contributed by atoms with van der Waals surface area (Å²) >= 11 is 6.15. The average molecular weight is 509 g/mol. The average Bonchev–Trinajstić information content (AvgIpc) is 3.23. The second-order valence-electron chi connectivity index (χ2n) is 9.28.